The minimum absolute atomic E-state index is 0.201. The van der Waals surface area contributed by atoms with E-state index in [1.165, 1.54) is 11.1 Å². The molecule has 2 nitrogen and oxygen atoms in total. The van der Waals surface area contributed by atoms with E-state index in [2.05, 4.69) is 31.3 Å². The fourth-order valence-corrected chi connectivity index (χ4v) is 1.96. The number of nitrogens with one attached hydrogen (secondary N) is 1. The lowest BCUT2D eigenvalue weighted by atomic mass is 10.0. The van der Waals surface area contributed by atoms with E-state index in [0.717, 1.165) is 11.3 Å². The normalized spacial score (nSPS) is 10.2. The molecule has 19 heavy (non-hydrogen) atoms. The molecule has 0 heterocycles. The number of aryl methyl sites for hydroxylation is 2. The van der Waals surface area contributed by atoms with Gasteiger partial charge < -0.3 is 5.32 Å². The van der Waals surface area contributed by atoms with Crippen molar-refractivity contribution in [3.63, 3.8) is 0 Å². The van der Waals surface area contributed by atoms with Gasteiger partial charge in [-0.25, -0.2) is 0 Å². The molecule has 0 aromatic heterocycles. The van der Waals surface area contributed by atoms with Crippen LogP contribution in [-0.2, 0) is 11.2 Å². The molecular formula is C17H19NO. The lowest BCUT2D eigenvalue weighted by molar-refractivity contribution is -0.116. The molecule has 0 aliphatic rings. The van der Waals surface area contributed by atoms with E-state index < -0.39 is 0 Å². The molecule has 0 radical (unpaired) electrons. The standard InChI is InChI=1S/C17H19NO/c1-13-8-9-15(10-14(13)2)11-17(19)12-18-16-6-4-3-5-7-16/h3-10,18H,11-12H2,1-2H3. The molecule has 2 heteroatoms. The van der Waals surface area contributed by atoms with Crippen LogP contribution < -0.4 is 5.32 Å². The van der Waals surface area contributed by atoms with E-state index in [-0.39, 0.29) is 5.78 Å². The maximum Gasteiger partial charge on any atom is 0.156 e. The third-order valence-electron chi connectivity index (χ3n) is 3.24. The molecule has 0 aliphatic carbocycles. The highest BCUT2D eigenvalue weighted by Gasteiger charge is 2.04. The molecule has 2 rings (SSSR count). The van der Waals surface area contributed by atoms with Crippen molar-refractivity contribution >= 4 is 11.5 Å². The summed E-state index contributed by atoms with van der Waals surface area (Å²) in [5.41, 5.74) is 4.57. The fraction of sp³-hybridized carbons (Fsp3) is 0.235. The Balaban J connectivity index is 1.89. The summed E-state index contributed by atoms with van der Waals surface area (Å²) >= 11 is 0. The molecule has 98 valence electrons. The molecule has 2 aromatic rings. The highest BCUT2D eigenvalue weighted by molar-refractivity contribution is 5.85. The largest absolute Gasteiger partial charge is 0.378 e. The van der Waals surface area contributed by atoms with Crippen LogP contribution in [0, 0.1) is 13.8 Å². The van der Waals surface area contributed by atoms with Gasteiger partial charge in [0, 0.05) is 12.1 Å². The average Bonchev–Trinajstić information content (AvgIpc) is 2.42. The molecule has 2 aromatic carbocycles. The van der Waals surface area contributed by atoms with Crippen molar-refractivity contribution in [1.82, 2.24) is 0 Å². The molecule has 0 unspecified atom stereocenters. The zero-order chi connectivity index (χ0) is 13.7. The fourth-order valence-electron chi connectivity index (χ4n) is 1.96. The van der Waals surface area contributed by atoms with Crippen molar-refractivity contribution in [2.75, 3.05) is 11.9 Å². The Labute approximate surface area is 114 Å². The third-order valence-corrected chi connectivity index (χ3v) is 3.24. The molecule has 0 saturated carbocycles. The highest BCUT2D eigenvalue weighted by Crippen LogP contribution is 2.11. The number of para-hydroxylation sites is 1. The monoisotopic (exact) mass is 253 g/mol. The van der Waals surface area contributed by atoms with Gasteiger partial charge in [-0.2, -0.15) is 0 Å². The van der Waals surface area contributed by atoms with Crippen molar-refractivity contribution in [3.05, 3.63) is 65.2 Å². The lowest BCUT2D eigenvalue weighted by Crippen LogP contribution is -2.16. The topological polar surface area (TPSA) is 29.1 Å². The molecule has 0 spiro atoms. The van der Waals surface area contributed by atoms with Gasteiger partial charge in [0.25, 0.3) is 0 Å². The summed E-state index contributed by atoms with van der Waals surface area (Å²) < 4.78 is 0. The molecule has 0 bridgehead atoms. The van der Waals surface area contributed by atoms with Gasteiger partial charge in [-0.3, -0.25) is 4.79 Å². The molecule has 0 amide bonds. The first-order valence-electron chi connectivity index (χ1n) is 6.52. The maximum absolute atomic E-state index is 11.9. The second-order valence-electron chi connectivity index (χ2n) is 4.85. The summed E-state index contributed by atoms with van der Waals surface area (Å²) in [4.78, 5) is 11.9. The number of ketones is 1. The summed E-state index contributed by atoms with van der Waals surface area (Å²) in [5, 5.41) is 3.14. The van der Waals surface area contributed by atoms with Gasteiger partial charge in [-0.15, -0.1) is 0 Å². The first-order valence-corrected chi connectivity index (χ1v) is 6.52. The number of hydrogen-bond donors (Lipinski definition) is 1. The van der Waals surface area contributed by atoms with Gasteiger partial charge in [-0.05, 0) is 42.7 Å². The number of carbonyl (C=O) groups excluding carboxylic acids is 1. The maximum atomic E-state index is 11.9. The molecule has 0 saturated heterocycles. The Morgan fingerprint density at radius 1 is 1.00 bits per heavy atom. The van der Waals surface area contributed by atoms with Gasteiger partial charge in [0.15, 0.2) is 5.78 Å². The second-order valence-corrected chi connectivity index (χ2v) is 4.85. The SMILES string of the molecule is Cc1ccc(CC(=O)CNc2ccccc2)cc1C. The van der Waals surface area contributed by atoms with E-state index >= 15 is 0 Å². The predicted molar refractivity (Wildman–Crippen MR) is 79.6 cm³/mol. The van der Waals surface area contributed by atoms with E-state index in [0.29, 0.717) is 13.0 Å². The van der Waals surface area contributed by atoms with Crippen molar-refractivity contribution in [2.45, 2.75) is 20.3 Å². The van der Waals surface area contributed by atoms with Crippen molar-refractivity contribution in [3.8, 4) is 0 Å². The molecule has 0 aliphatic heterocycles. The predicted octanol–water partition coefficient (Wildman–Crippen LogP) is 3.53. The minimum Gasteiger partial charge on any atom is -0.378 e. The van der Waals surface area contributed by atoms with Crippen LogP contribution in [0.5, 0.6) is 0 Å². The molecular weight excluding hydrogens is 234 g/mol. The Morgan fingerprint density at radius 3 is 2.42 bits per heavy atom. The van der Waals surface area contributed by atoms with Crippen molar-refractivity contribution in [2.24, 2.45) is 0 Å². The summed E-state index contributed by atoms with van der Waals surface area (Å²) in [6.07, 6.45) is 0.487. The van der Waals surface area contributed by atoms with E-state index in [9.17, 15) is 4.79 Å². The van der Waals surface area contributed by atoms with Gasteiger partial charge >= 0.3 is 0 Å². The summed E-state index contributed by atoms with van der Waals surface area (Å²) in [7, 11) is 0. The van der Waals surface area contributed by atoms with Gasteiger partial charge in [-0.1, -0.05) is 36.4 Å². The smallest absolute Gasteiger partial charge is 0.156 e. The second kappa shape index (κ2) is 6.19. The van der Waals surface area contributed by atoms with Gasteiger partial charge in [0.2, 0.25) is 0 Å². The van der Waals surface area contributed by atoms with E-state index in [1.54, 1.807) is 0 Å². The number of benzene rings is 2. The molecule has 0 fully saturated rings. The van der Waals surface area contributed by atoms with Crippen LogP contribution in [0.1, 0.15) is 16.7 Å². The Morgan fingerprint density at radius 2 is 1.74 bits per heavy atom. The van der Waals surface area contributed by atoms with Crippen molar-refractivity contribution in [1.29, 1.82) is 0 Å². The van der Waals surface area contributed by atoms with Crippen LogP contribution in [0.4, 0.5) is 5.69 Å². The van der Waals surface area contributed by atoms with E-state index in [1.807, 2.05) is 36.4 Å². The van der Waals surface area contributed by atoms with Gasteiger partial charge in [0.1, 0.15) is 0 Å². The zero-order valence-corrected chi connectivity index (χ0v) is 11.4. The van der Waals surface area contributed by atoms with Crippen LogP contribution in [0.15, 0.2) is 48.5 Å². The highest BCUT2D eigenvalue weighted by atomic mass is 16.1. The number of anilines is 1. The van der Waals surface area contributed by atoms with Crippen LogP contribution in [0.2, 0.25) is 0 Å². The van der Waals surface area contributed by atoms with Crippen LogP contribution >= 0.6 is 0 Å². The quantitative estimate of drug-likeness (QED) is 0.883. The Bertz CT molecular complexity index is 561. The lowest BCUT2D eigenvalue weighted by Gasteiger charge is -2.07. The molecule has 0 atom stereocenters. The number of Topliss-reactive ketones (excluding diaryl/α,β-unsaturated/α-hetero) is 1. The van der Waals surface area contributed by atoms with E-state index in [4.69, 9.17) is 0 Å². The Hall–Kier alpha value is -2.09. The Kier molecular flexibility index (Phi) is 4.35. The first-order chi connectivity index (χ1) is 9.15. The van der Waals surface area contributed by atoms with Crippen LogP contribution in [0.25, 0.3) is 0 Å². The van der Waals surface area contributed by atoms with Crippen LogP contribution in [0.3, 0.4) is 0 Å². The number of hydrogen-bond acceptors (Lipinski definition) is 2. The minimum atomic E-state index is 0.201. The zero-order valence-electron chi connectivity index (χ0n) is 11.4. The van der Waals surface area contributed by atoms with Crippen LogP contribution in [-0.4, -0.2) is 12.3 Å². The third kappa shape index (κ3) is 3.95. The number of carbonyl (C=O) groups is 1. The van der Waals surface area contributed by atoms with Gasteiger partial charge in [0.05, 0.1) is 6.54 Å². The molecule has 1 N–H and O–H groups in total. The van der Waals surface area contributed by atoms with Crippen molar-refractivity contribution < 1.29 is 4.79 Å². The summed E-state index contributed by atoms with van der Waals surface area (Å²) in [6, 6.07) is 16.0. The summed E-state index contributed by atoms with van der Waals surface area (Å²) in [6.45, 7) is 4.53. The first kappa shape index (κ1) is 13.3. The summed E-state index contributed by atoms with van der Waals surface area (Å²) in [5.74, 6) is 0.201. The average molecular weight is 253 g/mol. The number of rotatable bonds is 5.